The van der Waals surface area contributed by atoms with E-state index in [0.29, 0.717) is 6.54 Å². The first-order valence-corrected chi connectivity index (χ1v) is 8.04. The molecule has 9 heteroatoms. The molecule has 1 heterocycles. The van der Waals surface area contributed by atoms with E-state index in [1.165, 1.54) is 23.1 Å². The number of morpholine rings is 1. The molecule has 0 aromatic heterocycles. The number of hydrogen-bond donors (Lipinski definition) is 1. The first-order valence-electron chi connectivity index (χ1n) is 6.12. The normalized spacial score (nSPS) is 19.6. The van der Waals surface area contributed by atoms with Gasteiger partial charge in [-0.1, -0.05) is 11.6 Å². The number of nitrogens with two attached hydrogens (primary N) is 1. The van der Waals surface area contributed by atoms with Gasteiger partial charge in [0.15, 0.2) is 0 Å². The van der Waals surface area contributed by atoms with E-state index in [9.17, 15) is 17.6 Å². The van der Waals surface area contributed by atoms with Gasteiger partial charge in [-0.3, -0.25) is 4.79 Å². The predicted molar refractivity (Wildman–Crippen MR) is 74.4 cm³/mol. The molecule has 1 amide bonds. The van der Waals surface area contributed by atoms with E-state index in [2.05, 4.69) is 0 Å². The van der Waals surface area contributed by atoms with Crippen LogP contribution in [0.4, 0.5) is 4.39 Å². The topological polar surface area (TPSA) is 89.7 Å². The van der Waals surface area contributed by atoms with E-state index < -0.39 is 22.8 Å². The van der Waals surface area contributed by atoms with E-state index in [1.54, 1.807) is 0 Å². The molecule has 1 aliphatic heterocycles. The van der Waals surface area contributed by atoms with Gasteiger partial charge in [0.25, 0.3) is 5.91 Å². The van der Waals surface area contributed by atoms with Gasteiger partial charge in [0.1, 0.15) is 17.7 Å². The van der Waals surface area contributed by atoms with Crippen LogP contribution in [0.1, 0.15) is 10.4 Å². The Morgan fingerprint density at radius 2 is 2.24 bits per heavy atom. The average molecular weight is 337 g/mol. The minimum Gasteiger partial charge on any atom is -0.372 e. The number of rotatable bonds is 3. The fourth-order valence-corrected chi connectivity index (χ4v) is 3.14. The lowest BCUT2D eigenvalue weighted by molar-refractivity contribution is -0.0310. The highest BCUT2D eigenvalue weighted by molar-refractivity contribution is 7.89. The number of carbonyl (C=O) groups excluding carboxylic acids is 1. The molecule has 1 fully saturated rings. The molecule has 116 valence electrons. The predicted octanol–water partition coefficient (Wildman–Crippen LogP) is 0.798. The van der Waals surface area contributed by atoms with Crippen molar-refractivity contribution in [3.8, 4) is 0 Å². The number of nitrogens with zero attached hydrogens (tertiary/aromatic N) is 1. The van der Waals surface area contributed by atoms with Crippen LogP contribution in [0.25, 0.3) is 0 Å². The Morgan fingerprint density at radius 3 is 2.81 bits per heavy atom. The maximum atomic E-state index is 12.6. The molecule has 1 saturated heterocycles. The zero-order valence-corrected chi connectivity index (χ0v) is 12.5. The minimum absolute atomic E-state index is 0.126. The van der Waals surface area contributed by atoms with Gasteiger partial charge in [0.05, 0.1) is 11.6 Å². The number of sulfonamides is 1. The summed E-state index contributed by atoms with van der Waals surface area (Å²) in [5.74, 6) is -0.361. The van der Waals surface area contributed by atoms with Crippen LogP contribution in [0.5, 0.6) is 0 Å². The number of ether oxygens (including phenoxy) is 1. The number of alkyl halides is 1. The molecule has 1 aromatic carbocycles. The second kappa shape index (κ2) is 6.27. The quantitative estimate of drug-likeness (QED) is 0.884. The lowest BCUT2D eigenvalue weighted by atomic mass is 10.1. The maximum absolute atomic E-state index is 12.6. The van der Waals surface area contributed by atoms with Crippen LogP contribution in [0.3, 0.4) is 0 Å². The van der Waals surface area contributed by atoms with Crippen molar-refractivity contribution in [2.75, 3.05) is 26.4 Å². The first-order chi connectivity index (χ1) is 9.82. The molecule has 1 unspecified atom stereocenters. The van der Waals surface area contributed by atoms with Gasteiger partial charge in [-0.2, -0.15) is 0 Å². The fraction of sp³-hybridized carbons (Fsp3) is 0.417. The highest BCUT2D eigenvalue weighted by Crippen LogP contribution is 2.22. The van der Waals surface area contributed by atoms with E-state index in [4.69, 9.17) is 21.5 Å². The van der Waals surface area contributed by atoms with Gasteiger partial charge in [-0.25, -0.2) is 17.9 Å². The molecule has 2 N–H and O–H groups in total. The fourth-order valence-electron chi connectivity index (χ4n) is 2.04. The third kappa shape index (κ3) is 3.70. The van der Waals surface area contributed by atoms with Crippen LogP contribution in [-0.4, -0.2) is 51.7 Å². The molecular weight excluding hydrogens is 323 g/mol. The molecule has 0 spiro atoms. The van der Waals surface area contributed by atoms with Gasteiger partial charge >= 0.3 is 0 Å². The largest absolute Gasteiger partial charge is 0.372 e. The summed E-state index contributed by atoms with van der Waals surface area (Å²) in [6, 6.07) is 3.75. The zero-order chi connectivity index (χ0) is 15.6. The van der Waals surface area contributed by atoms with E-state index >= 15 is 0 Å². The molecule has 1 atom stereocenters. The average Bonchev–Trinajstić information content (AvgIpc) is 2.45. The number of carbonyl (C=O) groups is 1. The number of halogens is 2. The summed E-state index contributed by atoms with van der Waals surface area (Å²) < 4.78 is 40.3. The SMILES string of the molecule is NS(=O)(=O)c1ccc(C(=O)N2CCOC(CF)C2)cc1Cl. The Morgan fingerprint density at radius 1 is 1.52 bits per heavy atom. The van der Waals surface area contributed by atoms with Crippen molar-refractivity contribution < 1.29 is 22.3 Å². The Bertz CT molecular complexity index is 653. The van der Waals surface area contributed by atoms with Crippen molar-refractivity contribution in [3.05, 3.63) is 28.8 Å². The van der Waals surface area contributed by atoms with Gasteiger partial charge in [-0.15, -0.1) is 0 Å². The van der Waals surface area contributed by atoms with Crippen molar-refractivity contribution in [1.82, 2.24) is 4.90 Å². The zero-order valence-electron chi connectivity index (χ0n) is 11.0. The molecule has 2 rings (SSSR count). The Hall–Kier alpha value is -1.22. The summed E-state index contributed by atoms with van der Waals surface area (Å²) in [6.07, 6.45) is -0.637. The molecule has 0 radical (unpaired) electrons. The summed E-state index contributed by atoms with van der Waals surface area (Å²) in [7, 11) is -3.94. The molecule has 0 saturated carbocycles. The van der Waals surface area contributed by atoms with E-state index in [-0.39, 0.29) is 34.5 Å². The van der Waals surface area contributed by atoms with E-state index in [0.717, 1.165) is 0 Å². The minimum atomic E-state index is -3.94. The Labute approximate surface area is 126 Å². The second-order valence-electron chi connectivity index (χ2n) is 4.59. The molecule has 0 bridgehead atoms. The molecule has 21 heavy (non-hydrogen) atoms. The molecule has 1 aliphatic rings. The summed E-state index contributed by atoms with van der Waals surface area (Å²) in [4.78, 5) is 13.5. The lowest BCUT2D eigenvalue weighted by Crippen LogP contribution is -2.46. The summed E-state index contributed by atoms with van der Waals surface area (Å²) >= 11 is 5.84. The monoisotopic (exact) mass is 336 g/mol. The van der Waals surface area contributed by atoms with Gasteiger partial charge in [0, 0.05) is 18.7 Å². The third-order valence-electron chi connectivity index (χ3n) is 3.08. The Kier molecular flexibility index (Phi) is 4.82. The number of benzene rings is 1. The van der Waals surface area contributed by atoms with Crippen molar-refractivity contribution in [2.45, 2.75) is 11.0 Å². The van der Waals surface area contributed by atoms with Crippen molar-refractivity contribution in [1.29, 1.82) is 0 Å². The standard InChI is InChI=1S/C12H14ClFN2O4S/c13-10-5-8(1-2-11(10)21(15,18)19)12(17)16-3-4-20-9(6-14)7-16/h1-2,5,9H,3-4,6-7H2,(H2,15,18,19). The molecule has 0 aliphatic carbocycles. The Balaban J connectivity index is 2.22. The van der Waals surface area contributed by atoms with Crippen molar-refractivity contribution in [2.24, 2.45) is 5.14 Å². The van der Waals surface area contributed by atoms with Crippen LogP contribution in [0.2, 0.25) is 5.02 Å². The molecule has 1 aromatic rings. The summed E-state index contributed by atoms with van der Waals surface area (Å²) in [5, 5.41) is 4.87. The van der Waals surface area contributed by atoms with Crippen molar-refractivity contribution >= 4 is 27.5 Å². The number of hydrogen-bond acceptors (Lipinski definition) is 4. The van der Waals surface area contributed by atoms with Crippen molar-refractivity contribution in [3.63, 3.8) is 0 Å². The van der Waals surface area contributed by atoms with Gasteiger partial charge in [0.2, 0.25) is 10.0 Å². The van der Waals surface area contributed by atoms with Crippen LogP contribution in [-0.2, 0) is 14.8 Å². The first kappa shape index (κ1) is 16.2. The van der Waals surface area contributed by atoms with Crippen LogP contribution in [0, 0.1) is 0 Å². The highest BCUT2D eigenvalue weighted by atomic mass is 35.5. The second-order valence-corrected chi connectivity index (χ2v) is 6.53. The third-order valence-corrected chi connectivity index (χ3v) is 4.48. The lowest BCUT2D eigenvalue weighted by Gasteiger charge is -2.31. The van der Waals surface area contributed by atoms with Gasteiger partial charge in [-0.05, 0) is 18.2 Å². The highest BCUT2D eigenvalue weighted by Gasteiger charge is 2.25. The summed E-state index contributed by atoms with van der Waals surface area (Å²) in [6.45, 7) is 0.0615. The van der Waals surface area contributed by atoms with E-state index in [1.807, 2.05) is 0 Å². The van der Waals surface area contributed by atoms with Crippen LogP contribution in [0.15, 0.2) is 23.1 Å². The van der Waals surface area contributed by atoms with Crippen LogP contribution < -0.4 is 5.14 Å². The van der Waals surface area contributed by atoms with Gasteiger partial charge < -0.3 is 9.64 Å². The smallest absolute Gasteiger partial charge is 0.254 e. The number of primary sulfonamides is 1. The molecular formula is C12H14ClFN2O4S. The van der Waals surface area contributed by atoms with Crippen LogP contribution >= 0.6 is 11.6 Å². The maximum Gasteiger partial charge on any atom is 0.254 e. The molecule has 6 nitrogen and oxygen atoms in total. The summed E-state index contributed by atoms with van der Waals surface area (Å²) in [5.41, 5.74) is 0.215. The number of amides is 1.